The van der Waals surface area contributed by atoms with Gasteiger partial charge >= 0.3 is 12.1 Å². The molecule has 0 saturated carbocycles. The van der Waals surface area contributed by atoms with Crippen molar-refractivity contribution in [2.24, 2.45) is 5.92 Å². The summed E-state index contributed by atoms with van der Waals surface area (Å²) in [4.78, 5) is 22.4. The summed E-state index contributed by atoms with van der Waals surface area (Å²) in [5.74, 6) is 0.200. The lowest BCUT2D eigenvalue weighted by Gasteiger charge is -2.07. The topological polar surface area (TPSA) is 61.8 Å². The Morgan fingerprint density at radius 2 is 1.78 bits per heavy atom. The fourth-order valence-electron chi connectivity index (χ4n) is 1.12. The van der Waals surface area contributed by atoms with Crippen LogP contribution in [0.3, 0.4) is 0 Å². The van der Waals surface area contributed by atoms with E-state index in [-0.39, 0.29) is 5.92 Å². The smallest absolute Gasteiger partial charge is 0.462 e. The van der Waals surface area contributed by atoms with Gasteiger partial charge in [-0.05, 0) is 30.2 Å². The van der Waals surface area contributed by atoms with E-state index >= 15 is 0 Å². The molecule has 0 unspecified atom stereocenters. The summed E-state index contributed by atoms with van der Waals surface area (Å²) >= 11 is 0. The molecule has 0 aliphatic carbocycles. The molecule has 0 radical (unpaired) electrons. The second-order valence-electron chi connectivity index (χ2n) is 4.07. The number of hydrogen-bond acceptors (Lipinski definition) is 5. The Morgan fingerprint density at radius 3 is 2.28 bits per heavy atom. The van der Waals surface area contributed by atoms with E-state index in [9.17, 15) is 9.59 Å². The van der Waals surface area contributed by atoms with Gasteiger partial charge in [0.25, 0.3) is 0 Å². The van der Waals surface area contributed by atoms with Crippen molar-refractivity contribution in [3.8, 4) is 5.75 Å². The molecule has 5 heteroatoms. The molecule has 0 bridgehead atoms. The minimum atomic E-state index is -0.801. The lowest BCUT2D eigenvalue weighted by Crippen LogP contribution is -2.10. The van der Waals surface area contributed by atoms with E-state index in [0.717, 1.165) is 0 Å². The Bertz CT molecular complexity index is 408. The summed E-state index contributed by atoms with van der Waals surface area (Å²) in [6.07, 6.45) is -0.801. The Kier molecular flexibility index (Phi) is 5.17. The van der Waals surface area contributed by atoms with Gasteiger partial charge in [-0.1, -0.05) is 13.8 Å². The van der Waals surface area contributed by atoms with Crippen LogP contribution in [0.15, 0.2) is 24.3 Å². The van der Waals surface area contributed by atoms with Crippen molar-refractivity contribution < 1.29 is 23.8 Å². The number of esters is 1. The maximum absolute atomic E-state index is 11.6. The zero-order chi connectivity index (χ0) is 13.5. The summed E-state index contributed by atoms with van der Waals surface area (Å²) in [6.45, 7) is 4.29. The van der Waals surface area contributed by atoms with Gasteiger partial charge in [0.2, 0.25) is 0 Å². The van der Waals surface area contributed by atoms with Crippen LogP contribution in [0.5, 0.6) is 5.75 Å². The molecular formula is C13H16O5. The molecule has 1 rings (SSSR count). The quantitative estimate of drug-likeness (QED) is 0.609. The van der Waals surface area contributed by atoms with Crippen LogP contribution in [0.2, 0.25) is 0 Å². The number of hydrogen-bond donors (Lipinski definition) is 0. The molecule has 18 heavy (non-hydrogen) atoms. The molecule has 1 aromatic carbocycles. The summed E-state index contributed by atoms with van der Waals surface area (Å²) < 4.78 is 14.2. The molecule has 5 nitrogen and oxygen atoms in total. The van der Waals surface area contributed by atoms with Gasteiger partial charge in [-0.2, -0.15) is 0 Å². The van der Waals surface area contributed by atoms with Gasteiger partial charge in [0.1, 0.15) is 5.75 Å². The maximum Gasteiger partial charge on any atom is 0.513 e. The molecule has 0 saturated heterocycles. The summed E-state index contributed by atoms with van der Waals surface area (Å²) in [7, 11) is 1.22. The Hall–Kier alpha value is -2.04. The lowest BCUT2D eigenvalue weighted by molar-refractivity contribution is 0.0459. The minimum Gasteiger partial charge on any atom is -0.462 e. The van der Waals surface area contributed by atoms with Gasteiger partial charge in [0.15, 0.2) is 0 Å². The average molecular weight is 252 g/mol. The highest BCUT2D eigenvalue weighted by molar-refractivity contribution is 5.89. The Morgan fingerprint density at radius 1 is 1.17 bits per heavy atom. The van der Waals surface area contributed by atoms with E-state index < -0.39 is 12.1 Å². The van der Waals surface area contributed by atoms with Crippen LogP contribution in [0.1, 0.15) is 24.2 Å². The Labute approximate surface area is 106 Å². The molecule has 1 aromatic rings. The van der Waals surface area contributed by atoms with E-state index in [1.807, 2.05) is 13.8 Å². The number of ether oxygens (including phenoxy) is 3. The van der Waals surface area contributed by atoms with E-state index in [0.29, 0.717) is 17.9 Å². The molecule has 0 amide bonds. The SMILES string of the molecule is COC(=O)Oc1ccc(C(=O)OCC(C)C)cc1. The third-order valence-corrected chi connectivity index (χ3v) is 2.01. The van der Waals surface area contributed by atoms with E-state index in [1.165, 1.54) is 31.4 Å². The van der Waals surface area contributed by atoms with Crippen LogP contribution in [0.4, 0.5) is 4.79 Å². The molecule has 0 fully saturated rings. The average Bonchev–Trinajstić information content (AvgIpc) is 2.36. The number of carbonyl (C=O) groups excluding carboxylic acids is 2. The van der Waals surface area contributed by atoms with Crippen molar-refractivity contribution in [1.82, 2.24) is 0 Å². The van der Waals surface area contributed by atoms with Gasteiger partial charge in [-0.25, -0.2) is 9.59 Å². The molecule has 0 aliphatic heterocycles. The molecule has 0 aromatic heterocycles. The second-order valence-corrected chi connectivity index (χ2v) is 4.07. The monoisotopic (exact) mass is 252 g/mol. The fourth-order valence-corrected chi connectivity index (χ4v) is 1.12. The van der Waals surface area contributed by atoms with Crippen LogP contribution in [-0.2, 0) is 9.47 Å². The summed E-state index contributed by atoms with van der Waals surface area (Å²) in [6, 6.07) is 6.06. The van der Waals surface area contributed by atoms with Crippen molar-refractivity contribution in [2.75, 3.05) is 13.7 Å². The highest BCUT2D eigenvalue weighted by Crippen LogP contribution is 2.13. The first-order chi connectivity index (χ1) is 8.52. The van der Waals surface area contributed by atoms with Crippen molar-refractivity contribution in [1.29, 1.82) is 0 Å². The molecule has 0 heterocycles. The second kappa shape index (κ2) is 6.64. The normalized spacial score (nSPS) is 10.0. The fraction of sp³-hybridized carbons (Fsp3) is 0.385. The molecule has 98 valence electrons. The van der Waals surface area contributed by atoms with Crippen molar-refractivity contribution >= 4 is 12.1 Å². The molecule has 0 N–H and O–H groups in total. The van der Waals surface area contributed by atoms with Crippen molar-refractivity contribution in [3.05, 3.63) is 29.8 Å². The predicted octanol–water partition coefficient (Wildman–Crippen LogP) is 2.64. The van der Waals surface area contributed by atoms with Gasteiger partial charge in [0.05, 0.1) is 19.3 Å². The standard InChI is InChI=1S/C13H16O5/c1-9(2)8-17-12(14)10-4-6-11(7-5-10)18-13(15)16-3/h4-7,9H,8H2,1-3H3. The molecular weight excluding hydrogens is 236 g/mol. The van der Waals surface area contributed by atoms with E-state index in [2.05, 4.69) is 4.74 Å². The molecule has 0 aliphatic rings. The summed E-state index contributed by atoms with van der Waals surface area (Å²) in [5, 5.41) is 0. The zero-order valence-corrected chi connectivity index (χ0v) is 10.6. The van der Waals surface area contributed by atoms with E-state index in [1.54, 1.807) is 0 Å². The zero-order valence-electron chi connectivity index (χ0n) is 10.6. The predicted molar refractivity (Wildman–Crippen MR) is 64.6 cm³/mol. The number of benzene rings is 1. The van der Waals surface area contributed by atoms with Crippen molar-refractivity contribution in [2.45, 2.75) is 13.8 Å². The third kappa shape index (κ3) is 4.45. The van der Waals surface area contributed by atoms with Crippen LogP contribution in [0, 0.1) is 5.92 Å². The maximum atomic E-state index is 11.6. The van der Waals surface area contributed by atoms with Gasteiger partial charge < -0.3 is 14.2 Å². The lowest BCUT2D eigenvalue weighted by atomic mass is 10.2. The number of carbonyl (C=O) groups is 2. The third-order valence-electron chi connectivity index (χ3n) is 2.01. The van der Waals surface area contributed by atoms with Crippen LogP contribution in [0.25, 0.3) is 0 Å². The van der Waals surface area contributed by atoms with Crippen molar-refractivity contribution in [3.63, 3.8) is 0 Å². The number of rotatable bonds is 4. The molecule has 0 spiro atoms. The highest BCUT2D eigenvalue weighted by Gasteiger charge is 2.09. The van der Waals surface area contributed by atoms with Gasteiger partial charge in [0, 0.05) is 0 Å². The summed E-state index contributed by atoms with van der Waals surface area (Å²) in [5.41, 5.74) is 0.410. The first-order valence-electron chi connectivity index (χ1n) is 5.56. The van der Waals surface area contributed by atoms with Gasteiger partial charge in [-0.3, -0.25) is 0 Å². The minimum absolute atomic E-state index is 0.288. The first-order valence-corrected chi connectivity index (χ1v) is 5.56. The van der Waals surface area contributed by atoms with Crippen LogP contribution >= 0.6 is 0 Å². The van der Waals surface area contributed by atoms with Gasteiger partial charge in [-0.15, -0.1) is 0 Å². The highest BCUT2D eigenvalue weighted by atomic mass is 16.7. The number of methoxy groups -OCH3 is 1. The largest absolute Gasteiger partial charge is 0.513 e. The Balaban J connectivity index is 2.59. The van der Waals surface area contributed by atoms with Crippen LogP contribution < -0.4 is 4.74 Å². The first kappa shape index (κ1) is 14.0. The molecule has 0 atom stereocenters. The van der Waals surface area contributed by atoms with E-state index in [4.69, 9.17) is 9.47 Å². The van der Waals surface area contributed by atoms with Crippen LogP contribution in [-0.4, -0.2) is 25.8 Å².